The Bertz CT molecular complexity index is 482. The largest absolute Gasteiger partial charge is 0.265 e. The molecule has 0 saturated carbocycles. The van der Waals surface area contributed by atoms with Crippen LogP contribution in [0.2, 0.25) is 4.34 Å². The molecule has 0 unspecified atom stereocenters. The summed E-state index contributed by atoms with van der Waals surface area (Å²) in [6.45, 7) is 0.441. The highest BCUT2D eigenvalue weighted by Crippen LogP contribution is 2.17. The number of hydrogen-bond acceptors (Lipinski definition) is 5. The Kier molecular flexibility index (Phi) is 2.43. The smallest absolute Gasteiger partial charge is 0.139 e. The number of nitrogens with zero attached hydrogens (tertiary/aromatic N) is 5. The van der Waals surface area contributed by atoms with Crippen molar-refractivity contribution >= 4 is 23.1 Å². The molecule has 2 rings (SSSR count). The molecule has 2 heterocycles. The van der Waals surface area contributed by atoms with E-state index in [1.807, 2.05) is 6.07 Å². The number of nitriles is 1. The summed E-state index contributed by atoms with van der Waals surface area (Å²) in [4.78, 5) is 0. The summed E-state index contributed by atoms with van der Waals surface area (Å²) in [5, 5.41) is 16.4. The molecule has 5 nitrogen and oxygen atoms in total. The molecule has 0 radical (unpaired) electrons. The number of halogens is 1. The van der Waals surface area contributed by atoms with Crippen LogP contribution in [0.4, 0.5) is 0 Å². The molecule has 0 bridgehead atoms. The van der Waals surface area contributed by atoms with Crippen LogP contribution in [0.3, 0.4) is 0 Å². The molecule has 0 N–H and O–H groups in total. The van der Waals surface area contributed by atoms with Crippen molar-refractivity contribution in [2.75, 3.05) is 0 Å². The van der Waals surface area contributed by atoms with Crippen LogP contribution < -0.4 is 0 Å². The lowest BCUT2D eigenvalue weighted by atomic mass is 10.4. The summed E-state index contributed by atoms with van der Waals surface area (Å²) in [5.41, 5.74) is 1.19. The van der Waals surface area contributed by atoms with Gasteiger partial charge in [-0.3, -0.25) is 4.68 Å². The van der Waals surface area contributed by atoms with E-state index in [-0.39, 0.29) is 0 Å². The zero-order valence-electron chi connectivity index (χ0n) is 6.88. The van der Waals surface area contributed by atoms with Gasteiger partial charge in [-0.1, -0.05) is 16.1 Å². The topological polar surface area (TPSA) is 67.4 Å². The van der Waals surface area contributed by atoms with Crippen LogP contribution in [-0.4, -0.2) is 19.4 Å². The Balaban J connectivity index is 2.20. The van der Waals surface area contributed by atoms with Gasteiger partial charge in [0.1, 0.15) is 16.1 Å². The summed E-state index contributed by atoms with van der Waals surface area (Å²) < 4.78 is 5.85. The number of hydrogen-bond donors (Lipinski definition) is 0. The van der Waals surface area contributed by atoms with E-state index in [0.29, 0.717) is 22.1 Å². The van der Waals surface area contributed by atoms with Crippen molar-refractivity contribution in [2.24, 2.45) is 0 Å². The van der Waals surface area contributed by atoms with Gasteiger partial charge in [0.2, 0.25) is 0 Å². The molecule has 14 heavy (non-hydrogen) atoms. The molecule has 0 saturated heterocycles. The maximum atomic E-state index is 8.58. The fraction of sp³-hybridized carbons (Fsp3) is 0.143. The van der Waals surface area contributed by atoms with E-state index in [4.69, 9.17) is 16.9 Å². The third kappa shape index (κ3) is 1.73. The van der Waals surface area contributed by atoms with Crippen LogP contribution in [0.25, 0.3) is 0 Å². The van der Waals surface area contributed by atoms with E-state index < -0.39 is 0 Å². The van der Waals surface area contributed by atoms with Crippen molar-refractivity contribution in [3.63, 3.8) is 0 Å². The second kappa shape index (κ2) is 3.74. The molecule has 0 amide bonds. The molecule has 0 aliphatic heterocycles. The fourth-order valence-corrected chi connectivity index (χ4v) is 1.56. The second-order valence-electron chi connectivity index (χ2n) is 2.53. The monoisotopic (exact) mass is 225 g/mol. The third-order valence-corrected chi connectivity index (χ3v) is 2.57. The van der Waals surface area contributed by atoms with E-state index in [0.717, 1.165) is 11.5 Å². The Morgan fingerprint density at radius 3 is 3.07 bits per heavy atom. The molecule has 2 aromatic rings. The van der Waals surface area contributed by atoms with Crippen molar-refractivity contribution in [3.8, 4) is 6.07 Å². The highest BCUT2D eigenvalue weighted by atomic mass is 35.5. The standard InChI is InChI=1S/C7H4ClN5S/c8-7-6(11-12-14-7)4-13-3-5(1-9)2-10-13/h2-3H,4H2. The van der Waals surface area contributed by atoms with Gasteiger partial charge in [0.05, 0.1) is 18.3 Å². The number of aromatic nitrogens is 4. The van der Waals surface area contributed by atoms with Gasteiger partial charge in [0.25, 0.3) is 0 Å². The lowest BCUT2D eigenvalue weighted by Gasteiger charge is -1.95. The van der Waals surface area contributed by atoms with Crippen molar-refractivity contribution < 1.29 is 0 Å². The first-order chi connectivity index (χ1) is 6.79. The van der Waals surface area contributed by atoms with Crippen LogP contribution in [0.15, 0.2) is 12.4 Å². The zero-order chi connectivity index (χ0) is 9.97. The fourth-order valence-electron chi connectivity index (χ4n) is 0.953. The van der Waals surface area contributed by atoms with E-state index in [9.17, 15) is 0 Å². The minimum Gasteiger partial charge on any atom is -0.265 e. The molecule has 0 fully saturated rings. The van der Waals surface area contributed by atoms with Crippen LogP contribution in [0, 0.1) is 11.3 Å². The minimum atomic E-state index is 0.441. The summed E-state index contributed by atoms with van der Waals surface area (Å²) >= 11 is 6.95. The minimum absolute atomic E-state index is 0.441. The normalized spacial score (nSPS) is 10.0. The van der Waals surface area contributed by atoms with Crippen molar-refractivity contribution in [2.45, 2.75) is 6.54 Å². The molecular formula is C7H4ClN5S. The average Bonchev–Trinajstić information content (AvgIpc) is 2.77. The molecule has 7 heteroatoms. The molecule has 0 aliphatic carbocycles. The molecular weight excluding hydrogens is 222 g/mol. The third-order valence-electron chi connectivity index (χ3n) is 1.58. The van der Waals surface area contributed by atoms with Crippen molar-refractivity contribution in [1.82, 2.24) is 19.4 Å². The zero-order valence-corrected chi connectivity index (χ0v) is 8.46. The van der Waals surface area contributed by atoms with Gasteiger partial charge in [-0.05, 0) is 0 Å². The van der Waals surface area contributed by atoms with Gasteiger partial charge >= 0.3 is 0 Å². The van der Waals surface area contributed by atoms with Gasteiger partial charge in [-0.15, -0.1) is 5.10 Å². The summed E-state index contributed by atoms with van der Waals surface area (Å²) in [6.07, 6.45) is 3.13. The lowest BCUT2D eigenvalue weighted by molar-refractivity contribution is 0.670. The Hall–Kier alpha value is -1.45. The highest BCUT2D eigenvalue weighted by Gasteiger charge is 2.06. The van der Waals surface area contributed by atoms with Gasteiger partial charge in [-0.2, -0.15) is 10.4 Å². The molecule has 0 spiro atoms. The van der Waals surface area contributed by atoms with Crippen LogP contribution in [-0.2, 0) is 6.54 Å². The van der Waals surface area contributed by atoms with E-state index in [2.05, 4.69) is 14.7 Å². The Morgan fingerprint density at radius 1 is 1.64 bits per heavy atom. The van der Waals surface area contributed by atoms with Gasteiger partial charge in [0, 0.05) is 17.7 Å². The van der Waals surface area contributed by atoms with Crippen LogP contribution >= 0.6 is 23.1 Å². The van der Waals surface area contributed by atoms with Crippen molar-refractivity contribution in [1.29, 1.82) is 5.26 Å². The maximum absolute atomic E-state index is 8.58. The first-order valence-electron chi connectivity index (χ1n) is 3.69. The van der Waals surface area contributed by atoms with Gasteiger partial charge in [0.15, 0.2) is 0 Å². The lowest BCUT2D eigenvalue weighted by Crippen LogP contribution is -2.00. The molecule has 0 atom stereocenters. The maximum Gasteiger partial charge on any atom is 0.139 e. The van der Waals surface area contributed by atoms with E-state index >= 15 is 0 Å². The first-order valence-corrected chi connectivity index (χ1v) is 4.84. The van der Waals surface area contributed by atoms with E-state index in [1.54, 1.807) is 10.9 Å². The predicted molar refractivity (Wildman–Crippen MR) is 51.0 cm³/mol. The summed E-state index contributed by atoms with van der Waals surface area (Å²) in [7, 11) is 0. The highest BCUT2D eigenvalue weighted by molar-refractivity contribution is 7.10. The second-order valence-corrected chi connectivity index (χ2v) is 3.89. The average molecular weight is 226 g/mol. The molecule has 0 aromatic carbocycles. The summed E-state index contributed by atoms with van der Waals surface area (Å²) in [6, 6.07) is 1.99. The number of rotatable bonds is 2. The Morgan fingerprint density at radius 2 is 2.50 bits per heavy atom. The van der Waals surface area contributed by atoms with Crippen LogP contribution in [0.1, 0.15) is 11.3 Å². The van der Waals surface area contributed by atoms with Gasteiger partial charge in [-0.25, -0.2) is 0 Å². The molecule has 2 aromatic heterocycles. The summed E-state index contributed by atoms with van der Waals surface area (Å²) in [5.74, 6) is 0. The van der Waals surface area contributed by atoms with Crippen molar-refractivity contribution in [3.05, 3.63) is 28.0 Å². The van der Waals surface area contributed by atoms with Gasteiger partial charge < -0.3 is 0 Å². The van der Waals surface area contributed by atoms with Crippen LogP contribution in [0.5, 0.6) is 0 Å². The molecule has 0 aliphatic rings. The SMILES string of the molecule is N#Cc1cnn(Cc2nnsc2Cl)c1. The quantitative estimate of drug-likeness (QED) is 0.773. The predicted octanol–water partition coefficient (Wildman–Crippen LogP) is 1.31. The Labute approximate surface area is 88.7 Å². The first kappa shape index (κ1) is 9.12. The van der Waals surface area contributed by atoms with E-state index in [1.165, 1.54) is 6.20 Å². The molecule has 70 valence electrons.